The van der Waals surface area contributed by atoms with Crippen molar-refractivity contribution in [2.75, 3.05) is 0 Å². The van der Waals surface area contributed by atoms with Crippen molar-refractivity contribution in [2.45, 2.75) is 43.7 Å². The Balaban J connectivity index is 1.29. The Hall–Kier alpha value is -8.45. The molecule has 74 heavy (non-hydrogen) atoms. The molecule has 0 fully saturated rings. The van der Waals surface area contributed by atoms with Gasteiger partial charge in [-0.3, -0.25) is 0 Å². The number of para-hydroxylation sites is 1. The molecule has 0 saturated carbocycles. The fourth-order valence-corrected chi connectivity index (χ4v) is 9.77. The van der Waals surface area contributed by atoms with Crippen molar-refractivity contribution in [3.05, 3.63) is 184 Å². The van der Waals surface area contributed by atoms with Crippen LogP contribution in [0.15, 0.2) is 133 Å². The highest BCUT2D eigenvalue weighted by Crippen LogP contribution is 2.48. The first-order valence-electron chi connectivity index (χ1n) is 21.9. The predicted molar refractivity (Wildman–Crippen MR) is 246 cm³/mol. The fourth-order valence-electron chi connectivity index (χ4n) is 9.77. The van der Waals surface area contributed by atoms with Crippen LogP contribution in [0.3, 0.4) is 0 Å². The van der Waals surface area contributed by atoms with Crippen LogP contribution in [0.2, 0.25) is 0 Å². The lowest BCUT2D eigenvalue weighted by Gasteiger charge is -2.21. The molecule has 0 aliphatic heterocycles. The van der Waals surface area contributed by atoms with Crippen LogP contribution >= 0.6 is 0 Å². The topological polar surface area (TPSA) is 57.4 Å². The molecule has 0 saturated heterocycles. The van der Waals surface area contributed by atoms with Gasteiger partial charge in [0.05, 0.1) is 79.0 Å². The van der Waals surface area contributed by atoms with Gasteiger partial charge in [-0.05, 0) is 126 Å². The van der Waals surface area contributed by atoms with Crippen LogP contribution in [0, 0.1) is 22.7 Å². The van der Waals surface area contributed by atoms with E-state index in [0.29, 0.717) is 57.7 Å². The molecule has 0 spiro atoms. The van der Waals surface area contributed by atoms with Gasteiger partial charge in [-0.25, -0.2) is 0 Å². The summed E-state index contributed by atoms with van der Waals surface area (Å²) < 4.78 is 215. The average Bonchev–Trinajstić information content (AvgIpc) is 3.86. The minimum absolute atomic E-state index is 0.0205. The van der Waals surface area contributed by atoms with E-state index in [1.54, 1.807) is 51.6 Å². The maximum Gasteiger partial charge on any atom is 0.417 e. The summed E-state index contributed by atoms with van der Waals surface area (Å²) in [5, 5.41) is 22.1. The number of rotatable bonds is 5. The van der Waals surface area contributed by atoms with E-state index in [9.17, 15) is 76.4 Å². The van der Waals surface area contributed by atoms with Crippen molar-refractivity contribution in [3.8, 4) is 56.9 Å². The predicted octanol–water partition coefficient (Wildman–Crippen LogP) is 17.5. The number of aromatic nitrogens is 2. The molecule has 9 aromatic rings. The van der Waals surface area contributed by atoms with Gasteiger partial charge in [0.15, 0.2) is 0 Å². The monoisotopic (exact) mass is 1030 g/mol. The van der Waals surface area contributed by atoms with Gasteiger partial charge in [0.25, 0.3) is 0 Å². The minimum atomic E-state index is -5.23. The van der Waals surface area contributed by atoms with Crippen molar-refractivity contribution >= 4 is 38.8 Å². The molecule has 19 heteroatoms. The molecule has 0 amide bonds. The fraction of sp³-hybridized carbons (Fsp3) is 0.127. The number of fused-ring (bicyclic) bond motifs is 6. The molecule has 0 atom stereocenters. The molecule has 2 heterocycles. The minimum Gasteiger partial charge on any atom is -0.307 e. The number of halogens is 15. The van der Waals surface area contributed by atoms with Crippen LogP contribution < -0.4 is 0 Å². The van der Waals surface area contributed by atoms with Crippen LogP contribution in [0.1, 0.15) is 56.6 Å². The highest BCUT2D eigenvalue weighted by atomic mass is 19.4. The Morgan fingerprint density at radius 3 is 1.42 bits per heavy atom. The third-order valence-electron chi connectivity index (χ3n) is 13.0. The Morgan fingerprint density at radius 2 is 0.878 bits per heavy atom. The number of benzene rings is 7. The molecule has 0 N–H and O–H groups in total. The SMILES string of the molecule is N#Cc1cc(C(F)(F)F)ccc1-c1cc(-n2c3c(c4cc(-c5ccc(C(F)(F)F)cc5C(F)(F)F)ccc42)CCC=C3)c(-n2c3ccccc3c3cc(-c4ccc(C(F)(F)F)cc4C(F)(F)F)ccc32)cc1C#N. The van der Waals surface area contributed by atoms with Gasteiger partial charge in [-0.15, -0.1) is 0 Å². The van der Waals surface area contributed by atoms with Crippen LogP contribution in [0.5, 0.6) is 0 Å². The first-order chi connectivity index (χ1) is 34.8. The summed E-state index contributed by atoms with van der Waals surface area (Å²) in [4.78, 5) is 0. The highest BCUT2D eigenvalue weighted by Gasteiger charge is 2.40. The molecule has 0 bridgehead atoms. The molecular formula is C55H27F15N4. The van der Waals surface area contributed by atoms with Gasteiger partial charge < -0.3 is 9.13 Å². The largest absolute Gasteiger partial charge is 0.417 e. The van der Waals surface area contributed by atoms with Gasteiger partial charge in [-0.2, -0.15) is 76.4 Å². The molecule has 372 valence electrons. The number of alkyl halides is 15. The zero-order valence-corrected chi connectivity index (χ0v) is 37.2. The van der Waals surface area contributed by atoms with E-state index in [1.165, 1.54) is 48.5 Å². The highest BCUT2D eigenvalue weighted by molar-refractivity contribution is 6.11. The molecule has 4 nitrogen and oxygen atoms in total. The number of allylic oxidation sites excluding steroid dienone is 1. The van der Waals surface area contributed by atoms with E-state index in [1.807, 2.05) is 0 Å². The number of nitriles is 2. The van der Waals surface area contributed by atoms with Gasteiger partial charge in [-0.1, -0.05) is 54.6 Å². The van der Waals surface area contributed by atoms with Crippen LogP contribution in [-0.4, -0.2) is 9.13 Å². The molecule has 2 aromatic heterocycles. The molecule has 0 unspecified atom stereocenters. The van der Waals surface area contributed by atoms with Crippen molar-refractivity contribution < 1.29 is 65.9 Å². The van der Waals surface area contributed by atoms with Gasteiger partial charge in [0.1, 0.15) is 0 Å². The number of hydrogen-bond acceptors (Lipinski definition) is 2. The van der Waals surface area contributed by atoms with E-state index < -0.39 is 75.4 Å². The van der Waals surface area contributed by atoms with Crippen molar-refractivity contribution in [3.63, 3.8) is 0 Å². The maximum atomic E-state index is 14.6. The van der Waals surface area contributed by atoms with E-state index in [4.69, 9.17) is 0 Å². The lowest BCUT2D eigenvalue weighted by molar-refractivity contribution is -0.144. The normalized spacial score (nSPS) is 13.4. The molecular weight excluding hydrogens is 1000 g/mol. The second kappa shape index (κ2) is 17.1. The summed E-state index contributed by atoms with van der Waals surface area (Å²) in [7, 11) is 0. The van der Waals surface area contributed by atoms with E-state index >= 15 is 0 Å². The van der Waals surface area contributed by atoms with Crippen molar-refractivity contribution in [1.82, 2.24) is 9.13 Å². The quantitative estimate of drug-likeness (QED) is 0.161. The van der Waals surface area contributed by atoms with Crippen LogP contribution in [0.4, 0.5) is 65.9 Å². The Morgan fingerprint density at radius 1 is 0.405 bits per heavy atom. The van der Waals surface area contributed by atoms with E-state index in [2.05, 4.69) is 6.07 Å². The second-order valence-corrected chi connectivity index (χ2v) is 17.3. The zero-order chi connectivity index (χ0) is 53.0. The molecule has 7 aromatic carbocycles. The third-order valence-corrected chi connectivity index (χ3v) is 13.0. The smallest absolute Gasteiger partial charge is 0.307 e. The molecule has 0 radical (unpaired) electrons. The summed E-state index contributed by atoms with van der Waals surface area (Å²) in [5.74, 6) is 0. The lowest BCUT2D eigenvalue weighted by Crippen LogP contribution is -2.12. The van der Waals surface area contributed by atoms with Crippen molar-refractivity contribution in [1.29, 1.82) is 10.5 Å². The van der Waals surface area contributed by atoms with Crippen molar-refractivity contribution in [2.24, 2.45) is 0 Å². The third kappa shape index (κ3) is 8.35. The van der Waals surface area contributed by atoms with Gasteiger partial charge in [0, 0.05) is 33.0 Å². The zero-order valence-electron chi connectivity index (χ0n) is 37.2. The van der Waals surface area contributed by atoms with Crippen LogP contribution in [0.25, 0.3) is 83.5 Å². The average molecular weight is 1030 g/mol. The summed E-state index contributed by atoms with van der Waals surface area (Å²) in [5.41, 5.74) is -7.15. The van der Waals surface area contributed by atoms with Gasteiger partial charge >= 0.3 is 30.9 Å². The Bertz CT molecular complexity index is 3920. The first kappa shape index (κ1) is 49.1. The summed E-state index contributed by atoms with van der Waals surface area (Å²) >= 11 is 0. The van der Waals surface area contributed by atoms with E-state index in [0.717, 1.165) is 24.3 Å². The summed E-state index contributed by atoms with van der Waals surface area (Å²) in [6.45, 7) is 0. The second-order valence-electron chi connectivity index (χ2n) is 17.3. The summed E-state index contributed by atoms with van der Waals surface area (Å²) in [6, 6.07) is 26.3. The maximum absolute atomic E-state index is 14.6. The molecule has 1 aliphatic carbocycles. The number of nitrogens with zero attached hydrogens (tertiary/aromatic N) is 4. The van der Waals surface area contributed by atoms with Crippen LogP contribution in [-0.2, 0) is 37.3 Å². The first-order valence-corrected chi connectivity index (χ1v) is 21.9. The number of hydrogen-bond donors (Lipinski definition) is 0. The Kier molecular flexibility index (Phi) is 11.3. The standard InChI is InChI=1S/C55H27F15N4/c56-51(57,58)32-11-14-35(30(19-32)26-71)40-25-50(74-46-8-4-2-6-39(46)42-21-29(10-18-48(42)74)37-16-13-34(53(62,63)64)24-44(37)55(68,69)70)49(22-31(40)27-72)73-45-7-3-1-5-38(45)41-20-28(9-17-47(41)73)36-15-12-33(52(59,60)61)23-43(36)54(65,66)67/h1,3-5,7-25H,2,6H2. The number of aryl methyl sites for hydroxylation is 1. The molecule has 1 aliphatic rings. The van der Waals surface area contributed by atoms with Gasteiger partial charge in [0.2, 0.25) is 0 Å². The Labute approximate surface area is 407 Å². The summed E-state index contributed by atoms with van der Waals surface area (Å²) in [6.07, 6.45) is -21.3. The molecule has 10 rings (SSSR count). The lowest BCUT2D eigenvalue weighted by atomic mass is 9.93. The van der Waals surface area contributed by atoms with E-state index in [-0.39, 0.29) is 68.6 Å².